The van der Waals surface area contributed by atoms with E-state index in [4.69, 9.17) is 0 Å². The van der Waals surface area contributed by atoms with Gasteiger partial charge in [-0.2, -0.15) is 0 Å². The fraction of sp³-hybridized carbons (Fsp3) is 0. The van der Waals surface area contributed by atoms with E-state index in [2.05, 4.69) is 0 Å². The summed E-state index contributed by atoms with van der Waals surface area (Å²) in [5, 5.41) is 0. The quantitative estimate of drug-likeness (QED) is 0.693. The van der Waals surface area contributed by atoms with E-state index in [0.717, 1.165) is 0 Å². The fourth-order valence-corrected chi connectivity index (χ4v) is 2.16. The van der Waals surface area contributed by atoms with Crippen LogP contribution in [-0.4, -0.2) is 25.9 Å². The summed E-state index contributed by atoms with van der Waals surface area (Å²) in [4.78, 5) is -0.370. The Balaban J connectivity index is 0.000000364. The first kappa shape index (κ1) is 20.1. The number of rotatable bonds is 2. The Bertz CT molecular complexity index is 675. The number of benzene rings is 2. The van der Waals surface area contributed by atoms with E-state index in [0.29, 0.717) is 0 Å². The van der Waals surface area contributed by atoms with Crippen LogP contribution in [-0.2, 0) is 46.4 Å². The summed E-state index contributed by atoms with van der Waals surface area (Å²) in [6.45, 7) is 0. The minimum atomic E-state index is -4.25. The summed E-state index contributed by atoms with van der Waals surface area (Å²) in [6.07, 6.45) is 0. The van der Waals surface area contributed by atoms with Crippen molar-refractivity contribution in [2.45, 2.75) is 9.79 Å². The fourth-order valence-electron chi connectivity index (χ4n) is 1.17. The third kappa shape index (κ3) is 7.64. The van der Waals surface area contributed by atoms with Crippen molar-refractivity contribution >= 4 is 20.2 Å². The predicted molar refractivity (Wildman–Crippen MR) is 68.8 cm³/mol. The molecule has 0 aliphatic carbocycles. The van der Waals surface area contributed by atoms with Gasteiger partial charge >= 0.3 is 26.2 Å². The van der Waals surface area contributed by atoms with Crippen molar-refractivity contribution < 1.29 is 52.1 Å². The Morgan fingerprint density at radius 3 is 0.952 bits per heavy atom. The van der Waals surface area contributed by atoms with Crippen molar-refractivity contribution in [3.63, 3.8) is 0 Å². The van der Waals surface area contributed by atoms with E-state index in [1.165, 1.54) is 48.5 Å². The van der Waals surface area contributed by atoms with Gasteiger partial charge in [0.05, 0.1) is 9.79 Å². The molecule has 110 valence electrons. The van der Waals surface area contributed by atoms with E-state index in [1.54, 1.807) is 12.1 Å². The average molecular weight is 406 g/mol. The molecule has 0 unspecified atom stereocenters. The summed E-state index contributed by atoms with van der Waals surface area (Å²) >= 11 is 0. The Hall–Kier alpha value is -0.857. The van der Waals surface area contributed by atoms with Crippen LogP contribution in [0.25, 0.3) is 0 Å². The van der Waals surface area contributed by atoms with Crippen LogP contribution >= 0.6 is 0 Å². The molecule has 0 radical (unpaired) electrons. The zero-order valence-electron chi connectivity index (χ0n) is 10.5. The summed E-state index contributed by atoms with van der Waals surface area (Å²) < 4.78 is 61.7. The molecule has 21 heavy (non-hydrogen) atoms. The Labute approximate surface area is 142 Å². The van der Waals surface area contributed by atoms with E-state index in [9.17, 15) is 25.9 Å². The molecule has 0 atom stereocenters. The van der Waals surface area contributed by atoms with Gasteiger partial charge in [0.25, 0.3) is 0 Å². The molecule has 0 aliphatic rings. The van der Waals surface area contributed by atoms with Gasteiger partial charge in [-0.1, -0.05) is 36.4 Å². The summed E-state index contributed by atoms with van der Waals surface area (Å²) in [7, 11) is -8.51. The zero-order chi connectivity index (χ0) is 15.2. The molecule has 2 aromatic carbocycles. The van der Waals surface area contributed by atoms with Gasteiger partial charge in [0.2, 0.25) is 0 Å². The molecule has 0 aromatic heterocycles. The Kier molecular flexibility index (Phi) is 8.20. The zero-order valence-corrected chi connectivity index (χ0v) is 14.6. The third-order valence-electron chi connectivity index (χ3n) is 2.06. The Morgan fingerprint density at radius 2 is 0.810 bits per heavy atom. The van der Waals surface area contributed by atoms with Gasteiger partial charge in [0, 0.05) is 0 Å². The van der Waals surface area contributed by atoms with Crippen molar-refractivity contribution in [3.05, 3.63) is 60.7 Å². The summed E-state index contributed by atoms with van der Waals surface area (Å²) in [5.41, 5.74) is 0. The van der Waals surface area contributed by atoms with Crippen LogP contribution < -0.4 is 0 Å². The molecule has 9 heteroatoms. The molecule has 2 aromatic rings. The van der Waals surface area contributed by atoms with Gasteiger partial charge in [-0.25, -0.2) is 16.8 Å². The van der Waals surface area contributed by atoms with Gasteiger partial charge in [-0.3, -0.25) is 0 Å². The van der Waals surface area contributed by atoms with Crippen LogP contribution in [0.1, 0.15) is 0 Å². The van der Waals surface area contributed by atoms with E-state index < -0.39 is 20.2 Å². The molecule has 0 saturated carbocycles. The van der Waals surface area contributed by atoms with Crippen LogP contribution in [0.2, 0.25) is 0 Å². The standard InChI is InChI=1S/2C6H6O3S.Zr/c2*7-10(8,9)6-4-2-1-3-5-6;/h2*1-5H,(H,7,8,9);/q;;+2/p-2. The molecule has 0 spiro atoms. The van der Waals surface area contributed by atoms with Crippen molar-refractivity contribution in [1.29, 1.82) is 0 Å². The van der Waals surface area contributed by atoms with Crippen LogP contribution in [0, 0.1) is 0 Å². The maximum atomic E-state index is 10.3. The first-order valence-corrected chi connectivity index (χ1v) is 8.05. The largest absolute Gasteiger partial charge is 2.00 e. The van der Waals surface area contributed by atoms with Crippen molar-refractivity contribution in [1.82, 2.24) is 0 Å². The number of hydrogen-bond acceptors (Lipinski definition) is 6. The minimum Gasteiger partial charge on any atom is -0.744 e. The van der Waals surface area contributed by atoms with Crippen molar-refractivity contribution in [2.24, 2.45) is 0 Å². The van der Waals surface area contributed by atoms with E-state index in [1.807, 2.05) is 0 Å². The topological polar surface area (TPSA) is 114 Å². The number of hydrogen-bond donors (Lipinski definition) is 0. The smallest absolute Gasteiger partial charge is 0.744 e. The first-order chi connectivity index (χ1) is 9.21. The molecule has 0 amide bonds. The van der Waals surface area contributed by atoms with Crippen molar-refractivity contribution in [3.8, 4) is 0 Å². The Morgan fingerprint density at radius 1 is 0.571 bits per heavy atom. The van der Waals surface area contributed by atoms with E-state index >= 15 is 0 Å². The third-order valence-corrected chi connectivity index (χ3v) is 3.76. The van der Waals surface area contributed by atoms with Crippen LogP contribution in [0.5, 0.6) is 0 Å². The summed E-state index contributed by atoms with van der Waals surface area (Å²) in [5.74, 6) is 0. The second-order valence-corrected chi connectivity index (χ2v) is 6.29. The van der Waals surface area contributed by atoms with Crippen LogP contribution in [0.3, 0.4) is 0 Å². The molecule has 0 saturated heterocycles. The normalized spacial score (nSPS) is 10.8. The molecule has 0 aliphatic heterocycles. The molecular weight excluding hydrogens is 395 g/mol. The molecular formula is C12H10O6S2Zr. The first-order valence-electron chi connectivity index (χ1n) is 5.23. The van der Waals surface area contributed by atoms with Crippen LogP contribution in [0.15, 0.2) is 70.5 Å². The minimum absolute atomic E-state index is 0. The van der Waals surface area contributed by atoms with Gasteiger partial charge in [-0.15, -0.1) is 0 Å². The molecule has 0 heterocycles. The monoisotopic (exact) mass is 404 g/mol. The van der Waals surface area contributed by atoms with Gasteiger partial charge in [0.15, 0.2) is 0 Å². The molecule has 0 N–H and O–H groups in total. The predicted octanol–water partition coefficient (Wildman–Crippen LogP) is 1.18. The molecule has 0 bridgehead atoms. The van der Waals surface area contributed by atoms with E-state index in [-0.39, 0.29) is 36.0 Å². The summed E-state index contributed by atoms with van der Waals surface area (Å²) in [6, 6.07) is 14.4. The second-order valence-electron chi connectivity index (χ2n) is 3.53. The van der Waals surface area contributed by atoms with Gasteiger partial charge < -0.3 is 9.11 Å². The van der Waals surface area contributed by atoms with Crippen molar-refractivity contribution in [2.75, 3.05) is 0 Å². The molecule has 6 nitrogen and oxygen atoms in total. The maximum absolute atomic E-state index is 10.3. The second kappa shape index (κ2) is 8.55. The SMILES string of the molecule is O=S(=O)([O-])c1ccccc1.O=S(=O)([O-])c1ccccc1.[Zr+2]. The maximum Gasteiger partial charge on any atom is 2.00 e. The molecule has 0 fully saturated rings. The van der Waals surface area contributed by atoms with Gasteiger partial charge in [0.1, 0.15) is 20.2 Å². The average Bonchev–Trinajstić information content (AvgIpc) is 2.40. The van der Waals surface area contributed by atoms with Crippen LogP contribution in [0.4, 0.5) is 0 Å². The van der Waals surface area contributed by atoms with Gasteiger partial charge in [-0.05, 0) is 24.3 Å². The molecule has 2 rings (SSSR count).